The summed E-state index contributed by atoms with van der Waals surface area (Å²) in [6.07, 6.45) is 0.927. The van der Waals surface area contributed by atoms with Crippen LogP contribution < -0.4 is 0 Å². The van der Waals surface area contributed by atoms with Crippen LogP contribution in [0, 0.1) is 0 Å². The molecule has 1 amide bonds. The van der Waals surface area contributed by atoms with Crippen molar-refractivity contribution < 1.29 is 9.53 Å². The first-order chi connectivity index (χ1) is 9.54. The van der Waals surface area contributed by atoms with E-state index in [9.17, 15) is 4.79 Å². The number of amides is 1. The van der Waals surface area contributed by atoms with Gasteiger partial charge in [0, 0.05) is 20.2 Å². The molecule has 0 saturated carbocycles. The smallest absolute Gasteiger partial charge is 0.272 e. The number of halogens is 1. The molecule has 0 bridgehead atoms. The van der Waals surface area contributed by atoms with Crippen molar-refractivity contribution in [2.24, 2.45) is 0 Å². The minimum absolute atomic E-state index is 0.0536. The van der Waals surface area contributed by atoms with Gasteiger partial charge in [0.2, 0.25) is 0 Å². The van der Waals surface area contributed by atoms with Crippen molar-refractivity contribution in [2.45, 2.75) is 6.42 Å². The van der Waals surface area contributed by atoms with Crippen molar-refractivity contribution in [3.8, 4) is 0 Å². The lowest BCUT2D eigenvalue weighted by Crippen LogP contribution is -2.36. The highest BCUT2D eigenvalue weighted by molar-refractivity contribution is 9.10. The summed E-state index contributed by atoms with van der Waals surface area (Å²) >= 11 is 3.29. The van der Waals surface area contributed by atoms with E-state index in [1.165, 1.54) is 0 Å². The second-order valence-corrected chi connectivity index (χ2v) is 5.60. The second kappa shape index (κ2) is 9.05. The Morgan fingerprint density at radius 2 is 2.05 bits per heavy atom. The van der Waals surface area contributed by atoms with Crippen molar-refractivity contribution in [3.63, 3.8) is 0 Å². The molecule has 1 heterocycles. The van der Waals surface area contributed by atoms with Crippen molar-refractivity contribution in [2.75, 3.05) is 47.4 Å². The van der Waals surface area contributed by atoms with Crippen LogP contribution in [0.1, 0.15) is 16.9 Å². The lowest BCUT2D eigenvalue weighted by molar-refractivity contribution is 0.0683. The molecule has 0 aliphatic rings. The van der Waals surface area contributed by atoms with Crippen LogP contribution in [0.15, 0.2) is 22.8 Å². The number of hydrogen-bond acceptors (Lipinski definition) is 4. The Hall–Kier alpha value is -0.980. The number of carbonyl (C=O) groups excluding carboxylic acids is 1. The van der Waals surface area contributed by atoms with Gasteiger partial charge in [0.25, 0.3) is 5.91 Å². The molecule has 0 aliphatic carbocycles. The SMILES string of the molecule is COCCN(CCCN(C)C)C(=O)c1cccc(Br)n1. The Balaban J connectivity index is 2.68. The number of pyridine rings is 1. The molecule has 1 aromatic heterocycles. The first kappa shape index (κ1) is 17.1. The zero-order valence-electron chi connectivity index (χ0n) is 12.3. The maximum atomic E-state index is 12.5. The van der Waals surface area contributed by atoms with Crippen LogP contribution in [0.3, 0.4) is 0 Å². The number of ether oxygens (including phenoxy) is 1. The number of methoxy groups -OCH3 is 1. The minimum atomic E-state index is -0.0536. The molecule has 20 heavy (non-hydrogen) atoms. The summed E-state index contributed by atoms with van der Waals surface area (Å²) in [5.41, 5.74) is 0.459. The van der Waals surface area contributed by atoms with Crippen LogP contribution >= 0.6 is 15.9 Å². The topological polar surface area (TPSA) is 45.7 Å². The van der Waals surface area contributed by atoms with E-state index >= 15 is 0 Å². The Bertz CT molecular complexity index is 427. The van der Waals surface area contributed by atoms with Gasteiger partial charge in [-0.05, 0) is 55.1 Å². The molecule has 0 saturated heterocycles. The lowest BCUT2D eigenvalue weighted by atomic mass is 10.3. The number of nitrogens with zero attached hydrogens (tertiary/aromatic N) is 3. The van der Waals surface area contributed by atoms with Crippen molar-refractivity contribution in [1.82, 2.24) is 14.8 Å². The zero-order valence-corrected chi connectivity index (χ0v) is 13.9. The Morgan fingerprint density at radius 3 is 2.65 bits per heavy atom. The van der Waals surface area contributed by atoms with Crippen LogP contribution in [-0.2, 0) is 4.74 Å². The number of rotatable bonds is 8. The first-order valence-corrected chi connectivity index (χ1v) is 7.39. The number of aromatic nitrogens is 1. The second-order valence-electron chi connectivity index (χ2n) is 4.79. The molecule has 112 valence electrons. The van der Waals surface area contributed by atoms with E-state index in [0.29, 0.717) is 30.0 Å². The Kier molecular flexibility index (Phi) is 7.72. The standard InChI is InChI=1S/C14H22BrN3O2/c1-17(2)8-5-9-18(10-11-20-3)14(19)12-6-4-7-13(15)16-12/h4,6-7H,5,8-11H2,1-3H3. The molecule has 1 aromatic rings. The van der Waals surface area contributed by atoms with E-state index in [4.69, 9.17) is 4.74 Å². The summed E-state index contributed by atoms with van der Waals surface area (Å²) < 4.78 is 5.75. The third-order valence-corrected chi connectivity index (χ3v) is 3.26. The molecule has 5 nitrogen and oxygen atoms in total. The molecule has 0 fully saturated rings. The van der Waals surface area contributed by atoms with Crippen LogP contribution in [-0.4, -0.2) is 68.1 Å². The normalized spacial score (nSPS) is 10.8. The maximum absolute atomic E-state index is 12.5. The van der Waals surface area contributed by atoms with Gasteiger partial charge in [-0.15, -0.1) is 0 Å². The summed E-state index contributed by atoms with van der Waals surface area (Å²) in [6, 6.07) is 5.36. The van der Waals surface area contributed by atoms with E-state index in [-0.39, 0.29) is 5.91 Å². The van der Waals surface area contributed by atoms with Crippen molar-refractivity contribution >= 4 is 21.8 Å². The molecule has 1 rings (SSSR count). The molecule has 0 aromatic carbocycles. The molecule has 0 spiro atoms. The summed E-state index contributed by atoms with van der Waals surface area (Å²) in [4.78, 5) is 20.6. The maximum Gasteiger partial charge on any atom is 0.272 e. The highest BCUT2D eigenvalue weighted by Crippen LogP contribution is 2.09. The van der Waals surface area contributed by atoms with E-state index in [2.05, 4.69) is 25.8 Å². The third-order valence-electron chi connectivity index (χ3n) is 2.82. The molecular formula is C14H22BrN3O2. The monoisotopic (exact) mass is 343 g/mol. The Labute approximate surface area is 129 Å². The zero-order chi connectivity index (χ0) is 15.0. The number of hydrogen-bond donors (Lipinski definition) is 0. The summed E-state index contributed by atoms with van der Waals surface area (Å²) in [5.74, 6) is -0.0536. The van der Waals surface area contributed by atoms with Crippen LogP contribution in [0.5, 0.6) is 0 Å². The Morgan fingerprint density at radius 1 is 1.30 bits per heavy atom. The van der Waals surface area contributed by atoms with Gasteiger partial charge in [-0.3, -0.25) is 4.79 Å². The van der Waals surface area contributed by atoms with Gasteiger partial charge < -0.3 is 14.5 Å². The lowest BCUT2D eigenvalue weighted by Gasteiger charge is -2.23. The summed E-state index contributed by atoms with van der Waals surface area (Å²) in [6.45, 7) is 2.76. The summed E-state index contributed by atoms with van der Waals surface area (Å²) in [7, 11) is 5.69. The molecule has 6 heteroatoms. The predicted octanol–water partition coefficient (Wildman–Crippen LogP) is 1.88. The average molecular weight is 344 g/mol. The van der Waals surface area contributed by atoms with Gasteiger partial charge >= 0.3 is 0 Å². The number of carbonyl (C=O) groups is 1. The predicted molar refractivity (Wildman–Crippen MR) is 82.9 cm³/mol. The third kappa shape index (κ3) is 5.98. The quantitative estimate of drug-likeness (QED) is 0.676. The molecular weight excluding hydrogens is 322 g/mol. The summed E-state index contributed by atoms with van der Waals surface area (Å²) in [5, 5.41) is 0. The fourth-order valence-electron chi connectivity index (χ4n) is 1.78. The van der Waals surface area contributed by atoms with Gasteiger partial charge in [0.1, 0.15) is 10.3 Å². The van der Waals surface area contributed by atoms with Crippen molar-refractivity contribution in [1.29, 1.82) is 0 Å². The van der Waals surface area contributed by atoms with Crippen molar-refractivity contribution in [3.05, 3.63) is 28.5 Å². The van der Waals surface area contributed by atoms with E-state index in [1.807, 2.05) is 26.2 Å². The molecule has 0 N–H and O–H groups in total. The first-order valence-electron chi connectivity index (χ1n) is 6.60. The highest BCUT2D eigenvalue weighted by atomic mass is 79.9. The molecule has 0 aliphatic heterocycles. The van der Waals surface area contributed by atoms with Gasteiger partial charge in [0.15, 0.2) is 0 Å². The van der Waals surface area contributed by atoms with Crippen LogP contribution in [0.25, 0.3) is 0 Å². The fraction of sp³-hybridized carbons (Fsp3) is 0.571. The highest BCUT2D eigenvalue weighted by Gasteiger charge is 2.16. The van der Waals surface area contributed by atoms with E-state index in [1.54, 1.807) is 18.1 Å². The van der Waals surface area contributed by atoms with Crippen LogP contribution in [0.2, 0.25) is 0 Å². The average Bonchev–Trinajstić information content (AvgIpc) is 2.41. The fourth-order valence-corrected chi connectivity index (χ4v) is 2.13. The van der Waals surface area contributed by atoms with Gasteiger partial charge in [-0.2, -0.15) is 0 Å². The van der Waals surface area contributed by atoms with Crippen LogP contribution in [0.4, 0.5) is 0 Å². The molecule has 0 atom stereocenters. The van der Waals surface area contributed by atoms with E-state index in [0.717, 1.165) is 13.0 Å². The minimum Gasteiger partial charge on any atom is -0.383 e. The van der Waals surface area contributed by atoms with Gasteiger partial charge in [0.05, 0.1) is 6.61 Å². The van der Waals surface area contributed by atoms with Gasteiger partial charge in [-0.1, -0.05) is 6.07 Å². The largest absolute Gasteiger partial charge is 0.383 e. The molecule has 0 unspecified atom stereocenters. The molecule has 0 radical (unpaired) electrons. The van der Waals surface area contributed by atoms with Gasteiger partial charge in [-0.25, -0.2) is 4.98 Å². The van der Waals surface area contributed by atoms with E-state index < -0.39 is 0 Å².